The van der Waals surface area contributed by atoms with Gasteiger partial charge in [-0.05, 0) is 24.1 Å². The van der Waals surface area contributed by atoms with Crippen molar-refractivity contribution < 1.29 is 9.63 Å². The van der Waals surface area contributed by atoms with Gasteiger partial charge in [0.05, 0.1) is 23.8 Å². The van der Waals surface area contributed by atoms with Gasteiger partial charge in [0.2, 0.25) is 0 Å². The summed E-state index contributed by atoms with van der Waals surface area (Å²) in [4.78, 5) is 17.1. The Balaban J connectivity index is 1.82. The molecular weight excluding hydrogens is 284 g/mol. The lowest BCUT2D eigenvalue weighted by molar-refractivity contribution is -0.113. The number of nitriles is 1. The van der Waals surface area contributed by atoms with Crippen LogP contribution in [0, 0.1) is 11.3 Å². The Morgan fingerprint density at radius 2 is 2.24 bits per heavy atom. The standard InChI is InChI=1S/C16H18N2O2S/c1-2-3-8-21-16(19)10-14-9-15(18-20-14)13-6-4-12(11-17)5-7-13/h4-7,14H,2-3,8-10H2,1H3. The molecule has 110 valence electrons. The highest BCUT2D eigenvalue weighted by molar-refractivity contribution is 8.13. The monoisotopic (exact) mass is 302 g/mol. The first kappa shape index (κ1) is 15.6. The molecule has 0 spiro atoms. The van der Waals surface area contributed by atoms with E-state index in [1.807, 2.05) is 12.1 Å². The number of benzene rings is 1. The molecule has 0 bridgehead atoms. The van der Waals surface area contributed by atoms with Gasteiger partial charge in [0.1, 0.15) is 6.10 Å². The third-order valence-corrected chi connectivity index (χ3v) is 4.22. The maximum absolute atomic E-state index is 11.8. The van der Waals surface area contributed by atoms with Crippen molar-refractivity contribution in [3.05, 3.63) is 35.4 Å². The summed E-state index contributed by atoms with van der Waals surface area (Å²) >= 11 is 1.38. The number of thioether (sulfide) groups is 1. The maximum Gasteiger partial charge on any atom is 0.192 e. The minimum Gasteiger partial charge on any atom is -0.391 e. The lowest BCUT2D eigenvalue weighted by Gasteiger charge is -2.06. The van der Waals surface area contributed by atoms with E-state index in [1.165, 1.54) is 11.8 Å². The van der Waals surface area contributed by atoms with Crippen LogP contribution in [0.1, 0.15) is 43.7 Å². The molecular formula is C16H18N2O2S. The Bertz CT molecular complexity index is 561. The summed E-state index contributed by atoms with van der Waals surface area (Å²) < 4.78 is 0. The summed E-state index contributed by atoms with van der Waals surface area (Å²) in [6.45, 7) is 2.11. The summed E-state index contributed by atoms with van der Waals surface area (Å²) in [5.74, 6) is 0.880. The largest absolute Gasteiger partial charge is 0.391 e. The van der Waals surface area contributed by atoms with Gasteiger partial charge in [-0.15, -0.1) is 0 Å². The van der Waals surface area contributed by atoms with Gasteiger partial charge in [-0.2, -0.15) is 5.26 Å². The predicted octanol–water partition coefficient (Wildman–Crippen LogP) is 3.50. The van der Waals surface area contributed by atoms with Crippen molar-refractivity contribution in [2.45, 2.75) is 38.7 Å². The summed E-state index contributed by atoms with van der Waals surface area (Å²) in [6, 6.07) is 9.33. The number of hydrogen-bond acceptors (Lipinski definition) is 5. The van der Waals surface area contributed by atoms with E-state index in [9.17, 15) is 4.79 Å². The van der Waals surface area contributed by atoms with E-state index in [4.69, 9.17) is 10.1 Å². The predicted molar refractivity (Wildman–Crippen MR) is 84.2 cm³/mol. The van der Waals surface area contributed by atoms with Crippen molar-refractivity contribution in [3.63, 3.8) is 0 Å². The molecule has 1 aliphatic rings. The Morgan fingerprint density at radius 3 is 2.90 bits per heavy atom. The summed E-state index contributed by atoms with van der Waals surface area (Å²) in [5, 5.41) is 13.0. The molecule has 0 N–H and O–H groups in total. The Labute approximate surface area is 129 Å². The first-order valence-corrected chi connectivity index (χ1v) is 8.10. The lowest BCUT2D eigenvalue weighted by Crippen LogP contribution is -2.13. The van der Waals surface area contributed by atoms with Crippen molar-refractivity contribution in [1.82, 2.24) is 0 Å². The molecule has 1 aromatic carbocycles. The molecule has 1 aliphatic heterocycles. The van der Waals surface area contributed by atoms with Crippen LogP contribution >= 0.6 is 11.8 Å². The molecule has 1 unspecified atom stereocenters. The summed E-state index contributed by atoms with van der Waals surface area (Å²) in [7, 11) is 0. The zero-order chi connectivity index (χ0) is 15.1. The van der Waals surface area contributed by atoms with E-state index in [1.54, 1.807) is 12.1 Å². The number of rotatable bonds is 6. The average molecular weight is 302 g/mol. The van der Waals surface area contributed by atoms with Gasteiger partial charge in [-0.25, -0.2) is 0 Å². The Kier molecular flexibility index (Phi) is 5.82. The van der Waals surface area contributed by atoms with Gasteiger partial charge in [-0.3, -0.25) is 4.79 Å². The molecule has 0 amide bonds. The molecule has 0 fully saturated rings. The van der Waals surface area contributed by atoms with E-state index >= 15 is 0 Å². The molecule has 1 atom stereocenters. The molecule has 2 rings (SSSR count). The van der Waals surface area contributed by atoms with E-state index in [-0.39, 0.29) is 11.2 Å². The quantitative estimate of drug-likeness (QED) is 0.754. The molecule has 0 radical (unpaired) electrons. The molecule has 0 aliphatic carbocycles. The van der Waals surface area contributed by atoms with E-state index in [0.29, 0.717) is 18.4 Å². The highest BCUT2D eigenvalue weighted by Crippen LogP contribution is 2.22. The van der Waals surface area contributed by atoms with E-state index in [2.05, 4.69) is 18.1 Å². The second kappa shape index (κ2) is 7.84. The van der Waals surface area contributed by atoms with Crippen LogP contribution in [-0.4, -0.2) is 22.7 Å². The van der Waals surface area contributed by atoms with Gasteiger partial charge in [0, 0.05) is 12.2 Å². The van der Waals surface area contributed by atoms with Gasteiger partial charge in [-0.1, -0.05) is 42.4 Å². The first-order chi connectivity index (χ1) is 10.2. The third kappa shape index (κ3) is 4.61. The van der Waals surface area contributed by atoms with Crippen molar-refractivity contribution in [1.29, 1.82) is 5.26 Å². The van der Waals surface area contributed by atoms with Crippen molar-refractivity contribution in [2.24, 2.45) is 5.16 Å². The van der Waals surface area contributed by atoms with Gasteiger partial charge in [0.15, 0.2) is 5.12 Å². The van der Waals surface area contributed by atoms with E-state index in [0.717, 1.165) is 29.9 Å². The Morgan fingerprint density at radius 1 is 1.48 bits per heavy atom. The number of hydrogen-bond donors (Lipinski definition) is 0. The maximum atomic E-state index is 11.8. The zero-order valence-corrected chi connectivity index (χ0v) is 12.9. The highest BCUT2D eigenvalue weighted by atomic mass is 32.2. The average Bonchev–Trinajstić information content (AvgIpc) is 2.96. The van der Waals surface area contributed by atoms with Crippen LogP contribution in [-0.2, 0) is 9.63 Å². The SMILES string of the molecule is CCCCSC(=O)CC1CC(c2ccc(C#N)cc2)=NO1. The summed E-state index contributed by atoms with van der Waals surface area (Å²) in [6.07, 6.45) is 3.06. The van der Waals surface area contributed by atoms with Crippen molar-refractivity contribution in [3.8, 4) is 6.07 Å². The van der Waals surface area contributed by atoms with E-state index < -0.39 is 0 Å². The van der Waals surface area contributed by atoms with Crippen LogP contribution in [0.5, 0.6) is 0 Å². The van der Waals surface area contributed by atoms with Crippen molar-refractivity contribution in [2.75, 3.05) is 5.75 Å². The molecule has 0 aromatic heterocycles. The number of oxime groups is 1. The van der Waals surface area contributed by atoms with Crippen LogP contribution in [0.25, 0.3) is 0 Å². The van der Waals surface area contributed by atoms with Crippen molar-refractivity contribution >= 4 is 22.6 Å². The number of unbranched alkanes of at least 4 members (excludes halogenated alkanes) is 1. The second-order valence-electron chi connectivity index (χ2n) is 4.94. The zero-order valence-electron chi connectivity index (χ0n) is 12.0. The lowest BCUT2D eigenvalue weighted by atomic mass is 10.0. The van der Waals surface area contributed by atoms with Gasteiger partial charge in [0.25, 0.3) is 0 Å². The Hall–Kier alpha value is -1.80. The van der Waals surface area contributed by atoms with Crippen LogP contribution in [0.3, 0.4) is 0 Å². The van der Waals surface area contributed by atoms with Gasteiger partial charge >= 0.3 is 0 Å². The molecule has 0 saturated heterocycles. The smallest absolute Gasteiger partial charge is 0.192 e. The molecule has 1 heterocycles. The fourth-order valence-corrected chi connectivity index (χ4v) is 2.99. The normalized spacial score (nSPS) is 17.0. The van der Waals surface area contributed by atoms with Crippen LogP contribution in [0.2, 0.25) is 0 Å². The number of nitrogens with zero attached hydrogens (tertiary/aromatic N) is 2. The topological polar surface area (TPSA) is 62.5 Å². The molecule has 5 heteroatoms. The molecule has 1 aromatic rings. The number of carbonyl (C=O) groups excluding carboxylic acids is 1. The third-order valence-electron chi connectivity index (χ3n) is 3.24. The summed E-state index contributed by atoms with van der Waals surface area (Å²) in [5.41, 5.74) is 2.41. The van der Waals surface area contributed by atoms with Gasteiger partial charge < -0.3 is 4.84 Å². The minimum absolute atomic E-state index is 0.155. The van der Waals surface area contributed by atoms with Crippen LogP contribution in [0.15, 0.2) is 29.4 Å². The fourth-order valence-electron chi connectivity index (χ4n) is 2.02. The second-order valence-corrected chi connectivity index (χ2v) is 6.09. The molecule has 0 saturated carbocycles. The van der Waals surface area contributed by atoms with Crippen LogP contribution in [0.4, 0.5) is 0 Å². The van der Waals surface area contributed by atoms with Crippen LogP contribution < -0.4 is 0 Å². The molecule has 4 nitrogen and oxygen atoms in total. The number of carbonyl (C=O) groups is 1. The first-order valence-electron chi connectivity index (χ1n) is 7.11. The highest BCUT2D eigenvalue weighted by Gasteiger charge is 2.24. The minimum atomic E-state index is -0.155. The molecule has 21 heavy (non-hydrogen) atoms. The fraction of sp³-hybridized carbons (Fsp3) is 0.438.